The number of hydrogen-bond donors (Lipinski definition) is 2. The molecule has 146 valence electrons. The minimum Gasteiger partial charge on any atom is -0.484 e. The van der Waals surface area contributed by atoms with Crippen LogP contribution in [0.25, 0.3) is 10.2 Å². The minimum absolute atomic E-state index is 0.195. The Morgan fingerprint density at radius 2 is 1.96 bits per heavy atom. The summed E-state index contributed by atoms with van der Waals surface area (Å²) in [5, 5.41) is 1.23. The fourth-order valence-corrected chi connectivity index (χ4v) is 3.57. The second-order valence-corrected chi connectivity index (χ2v) is 7.03. The molecule has 0 aliphatic carbocycles. The molecular formula is C18H17ClN4O4S. The number of esters is 1. The Bertz CT molecular complexity index is 1010. The summed E-state index contributed by atoms with van der Waals surface area (Å²) >= 11 is 7.02. The zero-order chi connectivity index (χ0) is 20.1. The van der Waals surface area contributed by atoms with Crippen LogP contribution >= 0.6 is 22.9 Å². The molecular weight excluding hydrogens is 404 g/mol. The predicted octanol–water partition coefficient (Wildman–Crippen LogP) is 3.35. The SMILES string of the molecule is CCOC(=O)c1sc2ncnc(NNC(=O)COc3ccc(Cl)cc3)c2c1C. The number of amides is 1. The highest BCUT2D eigenvalue weighted by Gasteiger charge is 2.20. The third-order valence-corrected chi connectivity index (χ3v) is 5.12. The number of carbonyl (C=O) groups excluding carboxylic acids is 2. The molecule has 1 aromatic carbocycles. The first-order valence-electron chi connectivity index (χ1n) is 8.34. The molecule has 3 aromatic rings. The van der Waals surface area contributed by atoms with Gasteiger partial charge in [0.25, 0.3) is 5.91 Å². The van der Waals surface area contributed by atoms with Crippen LogP contribution in [0.4, 0.5) is 5.82 Å². The van der Waals surface area contributed by atoms with Crippen molar-refractivity contribution in [2.24, 2.45) is 0 Å². The second-order valence-electron chi connectivity index (χ2n) is 5.59. The average molecular weight is 421 g/mol. The van der Waals surface area contributed by atoms with Crippen LogP contribution in [-0.2, 0) is 9.53 Å². The molecule has 0 radical (unpaired) electrons. The zero-order valence-electron chi connectivity index (χ0n) is 15.1. The second kappa shape index (κ2) is 8.85. The molecule has 0 aliphatic rings. The number of aryl methyl sites for hydroxylation is 1. The van der Waals surface area contributed by atoms with Gasteiger partial charge in [0.15, 0.2) is 12.4 Å². The van der Waals surface area contributed by atoms with E-state index in [1.54, 1.807) is 38.1 Å². The van der Waals surface area contributed by atoms with Gasteiger partial charge in [-0.1, -0.05) is 11.6 Å². The van der Waals surface area contributed by atoms with Gasteiger partial charge in [-0.05, 0) is 43.7 Å². The summed E-state index contributed by atoms with van der Waals surface area (Å²) in [5.74, 6) is 0.0976. The number of fused-ring (bicyclic) bond motifs is 1. The monoisotopic (exact) mass is 420 g/mol. The summed E-state index contributed by atoms with van der Waals surface area (Å²) in [7, 11) is 0. The molecule has 1 amide bonds. The molecule has 0 saturated heterocycles. The number of rotatable bonds is 7. The predicted molar refractivity (Wildman–Crippen MR) is 107 cm³/mol. The number of anilines is 1. The summed E-state index contributed by atoms with van der Waals surface area (Å²) < 4.78 is 10.4. The standard InChI is InChI=1S/C18H17ClN4O4S/c1-3-26-18(25)15-10(2)14-16(20-9-21-17(14)28-15)23-22-13(24)8-27-12-6-4-11(19)5-7-12/h4-7,9H,3,8H2,1-2H3,(H,22,24)(H,20,21,23). The van der Waals surface area contributed by atoms with Gasteiger partial charge in [-0.2, -0.15) is 0 Å². The number of hydrogen-bond acceptors (Lipinski definition) is 8. The lowest BCUT2D eigenvalue weighted by molar-refractivity contribution is -0.122. The van der Waals surface area contributed by atoms with E-state index in [0.29, 0.717) is 37.2 Å². The lowest BCUT2D eigenvalue weighted by Gasteiger charge is -2.10. The number of aromatic nitrogens is 2. The normalized spacial score (nSPS) is 10.5. The van der Waals surface area contributed by atoms with E-state index in [1.165, 1.54) is 17.7 Å². The number of ether oxygens (including phenoxy) is 2. The maximum atomic E-state index is 12.1. The highest BCUT2D eigenvalue weighted by Crippen LogP contribution is 2.33. The van der Waals surface area contributed by atoms with Crippen molar-refractivity contribution >= 4 is 50.8 Å². The van der Waals surface area contributed by atoms with Crippen LogP contribution in [0.15, 0.2) is 30.6 Å². The van der Waals surface area contributed by atoms with E-state index in [-0.39, 0.29) is 13.2 Å². The van der Waals surface area contributed by atoms with Crippen LogP contribution in [0.3, 0.4) is 0 Å². The van der Waals surface area contributed by atoms with E-state index >= 15 is 0 Å². The molecule has 0 bridgehead atoms. The first kappa shape index (κ1) is 19.8. The molecule has 0 fully saturated rings. The fourth-order valence-electron chi connectivity index (χ4n) is 2.40. The van der Waals surface area contributed by atoms with Crippen molar-refractivity contribution in [1.29, 1.82) is 0 Å². The molecule has 0 saturated carbocycles. The van der Waals surface area contributed by atoms with E-state index in [4.69, 9.17) is 21.1 Å². The largest absolute Gasteiger partial charge is 0.484 e. The number of nitrogens with one attached hydrogen (secondary N) is 2. The Balaban J connectivity index is 1.67. The topological polar surface area (TPSA) is 102 Å². The molecule has 28 heavy (non-hydrogen) atoms. The van der Waals surface area contributed by atoms with Gasteiger partial charge in [-0.15, -0.1) is 11.3 Å². The van der Waals surface area contributed by atoms with Crippen LogP contribution in [0.2, 0.25) is 5.02 Å². The summed E-state index contributed by atoms with van der Waals surface area (Å²) in [5.41, 5.74) is 5.97. The number of thiophene rings is 1. The number of carbonyl (C=O) groups is 2. The summed E-state index contributed by atoms with van der Waals surface area (Å²) in [6, 6.07) is 6.68. The molecule has 0 unspecified atom stereocenters. The molecule has 2 heterocycles. The van der Waals surface area contributed by atoms with Crippen molar-refractivity contribution < 1.29 is 19.1 Å². The maximum Gasteiger partial charge on any atom is 0.348 e. The Kier molecular flexibility index (Phi) is 6.27. The van der Waals surface area contributed by atoms with E-state index in [0.717, 1.165) is 0 Å². The Morgan fingerprint density at radius 3 is 2.68 bits per heavy atom. The Morgan fingerprint density at radius 1 is 1.21 bits per heavy atom. The van der Waals surface area contributed by atoms with E-state index in [2.05, 4.69) is 20.8 Å². The highest BCUT2D eigenvalue weighted by molar-refractivity contribution is 7.20. The van der Waals surface area contributed by atoms with Gasteiger partial charge < -0.3 is 9.47 Å². The molecule has 3 rings (SSSR count). The van der Waals surface area contributed by atoms with Crippen molar-refractivity contribution in [1.82, 2.24) is 15.4 Å². The first-order chi connectivity index (χ1) is 13.5. The highest BCUT2D eigenvalue weighted by atomic mass is 35.5. The van der Waals surface area contributed by atoms with Gasteiger partial charge in [0.05, 0.1) is 12.0 Å². The number of halogens is 1. The third kappa shape index (κ3) is 4.49. The first-order valence-corrected chi connectivity index (χ1v) is 9.53. The van der Waals surface area contributed by atoms with Crippen molar-refractivity contribution in [3.05, 3.63) is 46.1 Å². The Hall–Kier alpha value is -2.91. The van der Waals surface area contributed by atoms with Crippen molar-refractivity contribution in [3.63, 3.8) is 0 Å². The molecule has 10 heteroatoms. The molecule has 0 aliphatic heterocycles. The molecule has 0 spiro atoms. The third-order valence-electron chi connectivity index (χ3n) is 3.69. The van der Waals surface area contributed by atoms with Gasteiger partial charge in [0.1, 0.15) is 21.8 Å². The van der Waals surface area contributed by atoms with Crippen LogP contribution in [0.1, 0.15) is 22.2 Å². The summed E-state index contributed by atoms with van der Waals surface area (Å²) in [6.45, 7) is 3.62. The lowest BCUT2D eigenvalue weighted by atomic mass is 10.2. The van der Waals surface area contributed by atoms with Crippen molar-refractivity contribution in [2.75, 3.05) is 18.6 Å². The van der Waals surface area contributed by atoms with Gasteiger partial charge in [-0.3, -0.25) is 15.6 Å². The van der Waals surface area contributed by atoms with Gasteiger partial charge >= 0.3 is 5.97 Å². The zero-order valence-corrected chi connectivity index (χ0v) is 16.7. The molecule has 8 nitrogen and oxygen atoms in total. The number of nitrogens with zero attached hydrogens (tertiary/aromatic N) is 2. The minimum atomic E-state index is -0.408. The van der Waals surface area contributed by atoms with Gasteiger partial charge in [0.2, 0.25) is 0 Å². The average Bonchev–Trinajstić information content (AvgIpc) is 3.03. The van der Waals surface area contributed by atoms with E-state index < -0.39 is 11.9 Å². The quantitative estimate of drug-likeness (QED) is 0.446. The maximum absolute atomic E-state index is 12.1. The van der Waals surface area contributed by atoms with Crippen LogP contribution in [0.5, 0.6) is 5.75 Å². The van der Waals surface area contributed by atoms with Crippen LogP contribution in [0, 0.1) is 6.92 Å². The Labute approximate surface area is 169 Å². The van der Waals surface area contributed by atoms with E-state index in [1.807, 2.05) is 0 Å². The van der Waals surface area contributed by atoms with Crippen molar-refractivity contribution in [3.8, 4) is 5.75 Å². The van der Waals surface area contributed by atoms with Crippen molar-refractivity contribution in [2.45, 2.75) is 13.8 Å². The fraction of sp³-hybridized carbons (Fsp3) is 0.222. The molecule has 0 atom stereocenters. The lowest BCUT2D eigenvalue weighted by Crippen LogP contribution is -2.34. The van der Waals surface area contributed by atoms with Crippen LogP contribution < -0.4 is 15.6 Å². The summed E-state index contributed by atoms with van der Waals surface area (Å²) in [4.78, 5) is 33.5. The van der Waals surface area contributed by atoms with Gasteiger partial charge in [0, 0.05) is 5.02 Å². The molecule has 2 aromatic heterocycles. The van der Waals surface area contributed by atoms with Gasteiger partial charge in [-0.25, -0.2) is 14.8 Å². The van der Waals surface area contributed by atoms with Crippen LogP contribution in [-0.4, -0.2) is 35.1 Å². The summed E-state index contributed by atoms with van der Waals surface area (Å²) in [6.07, 6.45) is 1.35. The number of benzene rings is 1. The van der Waals surface area contributed by atoms with E-state index in [9.17, 15) is 9.59 Å². The smallest absolute Gasteiger partial charge is 0.348 e. The number of hydrazine groups is 1. The molecule has 2 N–H and O–H groups in total.